The Morgan fingerprint density at radius 1 is 1.08 bits per heavy atom. The molecule has 0 unspecified atom stereocenters. The molecular formula is C18H16Cl2F2N2O2. The van der Waals surface area contributed by atoms with E-state index in [1.165, 1.54) is 17.0 Å². The lowest BCUT2D eigenvalue weighted by Gasteiger charge is -2.22. The van der Waals surface area contributed by atoms with E-state index in [2.05, 4.69) is 5.32 Å². The molecule has 138 valence electrons. The molecule has 0 aliphatic heterocycles. The molecular weight excluding hydrogens is 385 g/mol. The largest absolute Gasteiger partial charge is 0.329 e. The Kier molecular flexibility index (Phi) is 6.94. The van der Waals surface area contributed by atoms with Crippen LogP contribution in [0, 0.1) is 11.6 Å². The highest BCUT2D eigenvalue weighted by Crippen LogP contribution is 2.25. The van der Waals surface area contributed by atoms with E-state index < -0.39 is 23.4 Å². The number of anilines is 1. The smallest absolute Gasteiger partial charge is 0.254 e. The minimum Gasteiger partial charge on any atom is -0.329 e. The van der Waals surface area contributed by atoms with Gasteiger partial charge in [0, 0.05) is 17.1 Å². The van der Waals surface area contributed by atoms with Crippen molar-refractivity contribution in [3.63, 3.8) is 0 Å². The standard InChI is InChI=1S/C18H16Cl2F2N2O2/c1-2-7-24(18(26)11-3-5-14(21)15(22)8-11)10-17(25)23-16-6-4-12(19)9-13(16)20/h3-6,8-9H,2,7,10H2,1H3,(H,23,25). The third-order valence-corrected chi connectivity index (χ3v) is 4.03. The van der Waals surface area contributed by atoms with Gasteiger partial charge in [0.25, 0.3) is 5.91 Å². The molecule has 0 heterocycles. The molecule has 2 amide bonds. The van der Waals surface area contributed by atoms with Gasteiger partial charge in [0.2, 0.25) is 5.91 Å². The number of hydrogen-bond donors (Lipinski definition) is 1. The quantitative estimate of drug-likeness (QED) is 0.759. The molecule has 0 aliphatic carbocycles. The van der Waals surface area contributed by atoms with Gasteiger partial charge in [-0.25, -0.2) is 8.78 Å². The number of halogens is 4. The highest BCUT2D eigenvalue weighted by Gasteiger charge is 2.20. The Morgan fingerprint density at radius 2 is 1.81 bits per heavy atom. The van der Waals surface area contributed by atoms with Gasteiger partial charge in [-0.05, 0) is 42.8 Å². The summed E-state index contributed by atoms with van der Waals surface area (Å²) in [6, 6.07) is 7.46. The zero-order chi connectivity index (χ0) is 19.3. The van der Waals surface area contributed by atoms with Gasteiger partial charge in [0.05, 0.1) is 10.7 Å². The molecule has 0 aromatic heterocycles. The molecule has 0 spiro atoms. The third kappa shape index (κ3) is 5.16. The van der Waals surface area contributed by atoms with Gasteiger partial charge in [-0.1, -0.05) is 30.1 Å². The van der Waals surface area contributed by atoms with Crippen molar-refractivity contribution in [1.82, 2.24) is 4.90 Å². The molecule has 2 aromatic rings. The van der Waals surface area contributed by atoms with E-state index in [-0.39, 0.29) is 23.7 Å². The van der Waals surface area contributed by atoms with E-state index in [9.17, 15) is 18.4 Å². The van der Waals surface area contributed by atoms with Crippen molar-refractivity contribution >= 4 is 40.7 Å². The van der Waals surface area contributed by atoms with Gasteiger partial charge in [-0.3, -0.25) is 9.59 Å². The summed E-state index contributed by atoms with van der Waals surface area (Å²) in [5.74, 6) is -3.20. The van der Waals surface area contributed by atoms with Crippen LogP contribution in [-0.4, -0.2) is 29.8 Å². The molecule has 2 aromatic carbocycles. The Hall–Kier alpha value is -2.18. The summed E-state index contributed by atoms with van der Waals surface area (Å²) in [6.07, 6.45) is 0.588. The zero-order valence-electron chi connectivity index (χ0n) is 13.9. The second-order valence-corrected chi connectivity index (χ2v) is 6.37. The van der Waals surface area contributed by atoms with E-state index in [0.717, 1.165) is 12.1 Å². The van der Waals surface area contributed by atoms with Crippen molar-refractivity contribution in [2.24, 2.45) is 0 Å². The third-order valence-electron chi connectivity index (χ3n) is 3.49. The van der Waals surface area contributed by atoms with Gasteiger partial charge in [-0.2, -0.15) is 0 Å². The number of nitrogens with one attached hydrogen (secondary N) is 1. The second-order valence-electron chi connectivity index (χ2n) is 5.53. The Bertz CT molecular complexity index is 831. The first-order valence-electron chi connectivity index (χ1n) is 7.81. The highest BCUT2D eigenvalue weighted by molar-refractivity contribution is 6.36. The fraction of sp³-hybridized carbons (Fsp3) is 0.222. The van der Waals surface area contributed by atoms with Crippen LogP contribution in [0.25, 0.3) is 0 Å². The second kappa shape index (κ2) is 8.96. The van der Waals surface area contributed by atoms with Gasteiger partial charge >= 0.3 is 0 Å². The molecule has 4 nitrogen and oxygen atoms in total. The maximum Gasteiger partial charge on any atom is 0.254 e. The maximum absolute atomic E-state index is 13.4. The van der Waals surface area contributed by atoms with Crippen molar-refractivity contribution in [3.8, 4) is 0 Å². The number of amides is 2. The van der Waals surface area contributed by atoms with E-state index >= 15 is 0 Å². The van der Waals surface area contributed by atoms with Crippen molar-refractivity contribution < 1.29 is 18.4 Å². The van der Waals surface area contributed by atoms with Crippen LogP contribution in [0.2, 0.25) is 10.0 Å². The predicted molar refractivity (Wildman–Crippen MR) is 97.6 cm³/mol. The number of hydrogen-bond acceptors (Lipinski definition) is 2. The summed E-state index contributed by atoms with van der Waals surface area (Å²) < 4.78 is 26.4. The van der Waals surface area contributed by atoms with Gasteiger partial charge < -0.3 is 10.2 Å². The number of carbonyl (C=O) groups is 2. The van der Waals surface area contributed by atoms with Crippen LogP contribution in [0.4, 0.5) is 14.5 Å². The molecule has 0 bridgehead atoms. The molecule has 1 N–H and O–H groups in total. The average molecular weight is 401 g/mol. The molecule has 0 fully saturated rings. The Balaban J connectivity index is 2.12. The SMILES string of the molecule is CCCN(CC(=O)Nc1ccc(Cl)cc1Cl)C(=O)c1ccc(F)c(F)c1. The molecule has 0 saturated heterocycles. The van der Waals surface area contributed by atoms with Crippen molar-refractivity contribution in [1.29, 1.82) is 0 Å². The van der Waals surface area contributed by atoms with Crippen molar-refractivity contribution in [3.05, 3.63) is 63.6 Å². The van der Waals surface area contributed by atoms with E-state index in [4.69, 9.17) is 23.2 Å². The molecule has 26 heavy (non-hydrogen) atoms. The van der Waals surface area contributed by atoms with Gasteiger partial charge in [-0.15, -0.1) is 0 Å². The van der Waals surface area contributed by atoms with Crippen molar-refractivity contribution in [2.45, 2.75) is 13.3 Å². The number of carbonyl (C=O) groups excluding carboxylic acids is 2. The minimum atomic E-state index is -1.12. The van der Waals surface area contributed by atoms with Crippen LogP contribution in [0.15, 0.2) is 36.4 Å². The fourth-order valence-corrected chi connectivity index (χ4v) is 2.74. The normalized spacial score (nSPS) is 10.5. The summed E-state index contributed by atoms with van der Waals surface area (Å²) in [4.78, 5) is 26.0. The highest BCUT2D eigenvalue weighted by atomic mass is 35.5. The molecule has 0 atom stereocenters. The average Bonchev–Trinajstić information content (AvgIpc) is 2.59. The molecule has 2 rings (SSSR count). The number of benzene rings is 2. The van der Waals surface area contributed by atoms with Gasteiger partial charge in [0.1, 0.15) is 6.54 Å². The predicted octanol–water partition coefficient (Wildman–Crippen LogP) is 4.76. The Morgan fingerprint density at radius 3 is 2.42 bits per heavy atom. The van der Waals surface area contributed by atoms with Crippen LogP contribution in [0.3, 0.4) is 0 Å². The first kappa shape index (κ1) is 20.1. The van der Waals surface area contributed by atoms with E-state index in [1.807, 2.05) is 6.92 Å². The summed E-state index contributed by atoms with van der Waals surface area (Å²) in [7, 11) is 0. The minimum absolute atomic E-state index is 0.0327. The first-order chi connectivity index (χ1) is 12.3. The van der Waals surface area contributed by atoms with Crippen LogP contribution < -0.4 is 5.32 Å². The van der Waals surface area contributed by atoms with Crippen LogP contribution >= 0.6 is 23.2 Å². The van der Waals surface area contributed by atoms with Crippen molar-refractivity contribution in [2.75, 3.05) is 18.4 Å². The lowest BCUT2D eigenvalue weighted by Crippen LogP contribution is -2.38. The topological polar surface area (TPSA) is 49.4 Å². The summed E-state index contributed by atoms with van der Waals surface area (Å²) in [5, 5.41) is 3.28. The van der Waals surface area contributed by atoms with E-state index in [1.54, 1.807) is 12.1 Å². The molecule has 0 saturated carbocycles. The molecule has 8 heteroatoms. The number of rotatable bonds is 6. The van der Waals surface area contributed by atoms with Crippen LogP contribution in [0.1, 0.15) is 23.7 Å². The lowest BCUT2D eigenvalue weighted by molar-refractivity contribution is -0.116. The lowest BCUT2D eigenvalue weighted by atomic mass is 10.1. The summed E-state index contributed by atoms with van der Waals surface area (Å²) >= 11 is 11.8. The fourth-order valence-electron chi connectivity index (χ4n) is 2.29. The monoisotopic (exact) mass is 400 g/mol. The van der Waals surface area contributed by atoms with E-state index in [0.29, 0.717) is 17.1 Å². The van der Waals surface area contributed by atoms with Crippen LogP contribution in [0.5, 0.6) is 0 Å². The zero-order valence-corrected chi connectivity index (χ0v) is 15.4. The summed E-state index contributed by atoms with van der Waals surface area (Å²) in [5.41, 5.74) is 0.326. The first-order valence-corrected chi connectivity index (χ1v) is 8.56. The molecule has 0 aliphatic rings. The molecule has 0 radical (unpaired) electrons. The maximum atomic E-state index is 13.4. The van der Waals surface area contributed by atoms with Crippen LogP contribution in [-0.2, 0) is 4.79 Å². The van der Waals surface area contributed by atoms with Gasteiger partial charge in [0.15, 0.2) is 11.6 Å². The number of nitrogens with zero attached hydrogens (tertiary/aromatic N) is 1. The Labute approximate surface area is 159 Å². The summed E-state index contributed by atoms with van der Waals surface area (Å²) in [6.45, 7) is 1.85.